The van der Waals surface area contributed by atoms with Gasteiger partial charge in [0.15, 0.2) is 0 Å². The molecule has 1 unspecified atom stereocenters. The van der Waals surface area contributed by atoms with Gasteiger partial charge in [-0.15, -0.1) is 11.3 Å². The minimum atomic E-state index is -0.352. The normalized spacial score (nSPS) is 20.0. The van der Waals surface area contributed by atoms with Gasteiger partial charge >= 0.3 is 5.66 Å². The van der Waals surface area contributed by atoms with Gasteiger partial charge in [0.2, 0.25) is 11.2 Å². The van der Waals surface area contributed by atoms with Crippen molar-refractivity contribution in [2.45, 2.75) is 131 Å². The molecule has 0 radical (unpaired) electrons. The third kappa shape index (κ3) is 3.98. The van der Waals surface area contributed by atoms with Crippen molar-refractivity contribution in [2.75, 3.05) is 0 Å². The minimum Gasteiger partial charge on any atom is -0.210 e. The van der Waals surface area contributed by atoms with Gasteiger partial charge < -0.3 is 0 Å². The topological polar surface area (TPSA) is 10.1 Å². The number of pyridine rings is 1. The monoisotopic (exact) mass is 683 g/mol. The maximum absolute atomic E-state index is 2.88. The summed E-state index contributed by atoms with van der Waals surface area (Å²) in [5.74, 6) is 2.53. The number of rotatable bonds is 7. The molecule has 4 heterocycles. The number of aromatic nitrogens is 1. The van der Waals surface area contributed by atoms with Gasteiger partial charge in [-0.25, -0.2) is 9.48 Å². The van der Waals surface area contributed by atoms with Crippen LogP contribution in [0.1, 0.15) is 118 Å². The molecule has 50 heavy (non-hydrogen) atoms. The second kappa shape index (κ2) is 11.2. The second-order valence-corrected chi connectivity index (χ2v) is 18.3. The predicted molar refractivity (Wildman–Crippen MR) is 214 cm³/mol. The van der Waals surface area contributed by atoms with E-state index in [0.717, 1.165) is 19.3 Å². The Morgan fingerprint density at radius 3 is 2.12 bits per heavy atom. The van der Waals surface area contributed by atoms with Crippen molar-refractivity contribution >= 4 is 38.2 Å². The average molecular weight is 684 g/mol. The molecule has 0 fully saturated rings. The molecule has 260 valence electrons. The van der Waals surface area contributed by atoms with Crippen molar-refractivity contribution in [1.82, 2.24) is 4.90 Å². The second-order valence-electron chi connectivity index (χ2n) is 17.2. The maximum atomic E-state index is 2.88. The summed E-state index contributed by atoms with van der Waals surface area (Å²) in [7, 11) is 0. The van der Waals surface area contributed by atoms with Gasteiger partial charge in [0, 0.05) is 50.9 Å². The van der Waals surface area contributed by atoms with Gasteiger partial charge in [-0.3, -0.25) is 0 Å². The van der Waals surface area contributed by atoms with E-state index in [4.69, 9.17) is 0 Å². The molecule has 3 nitrogen and oxygen atoms in total. The lowest BCUT2D eigenvalue weighted by Crippen LogP contribution is -2.86. The fourth-order valence-electron chi connectivity index (χ4n) is 11.0. The molecule has 2 aromatic heterocycles. The highest BCUT2D eigenvalue weighted by Gasteiger charge is 2.80. The van der Waals surface area contributed by atoms with E-state index in [1.807, 2.05) is 11.3 Å². The summed E-state index contributed by atoms with van der Waals surface area (Å²) in [4.78, 5) is 4.35. The lowest BCUT2D eigenvalue weighted by molar-refractivity contribution is -0.847. The van der Waals surface area contributed by atoms with Gasteiger partial charge in [-0.2, -0.15) is 4.57 Å². The first-order chi connectivity index (χ1) is 23.8. The standard InChI is InChI=1S/C46H57N3S/c1-13-45(14-2)46(47(29(7)8)43(28(5)6)48(46)30(9)10)35-22-21-34-40(42-41(44(34,11)12)33-17-15-16-18-38(33)50-42)39(35)37-24-20-32-26-31(25-27(3)4)19-23-36(32)49(37)45/h15-24,26-30H,13-14,25H2,1-12H3/q+2. The number of hydrogen-bond donors (Lipinski definition) is 0. The lowest BCUT2D eigenvalue weighted by Gasteiger charge is -2.59. The van der Waals surface area contributed by atoms with Crippen LogP contribution in [-0.4, -0.2) is 27.4 Å². The zero-order chi connectivity index (χ0) is 35.7. The molecule has 4 heteroatoms. The van der Waals surface area contributed by atoms with Crippen LogP contribution in [0.25, 0.3) is 42.7 Å². The largest absolute Gasteiger partial charge is 0.337 e. The summed E-state index contributed by atoms with van der Waals surface area (Å²) in [5, 5.41) is 2.77. The molecule has 1 aliphatic carbocycles. The molecule has 1 atom stereocenters. The van der Waals surface area contributed by atoms with E-state index in [2.05, 4.69) is 164 Å². The molecule has 0 N–H and O–H groups in total. The highest BCUT2D eigenvalue weighted by molar-refractivity contribution is 7.22. The summed E-state index contributed by atoms with van der Waals surface area (Å²) < 4.78 is 7.14. The fourth-order valence-corrected chi connectivity index (χ4v) is 12.4. The van der Waals surface area contributed by atoms with Crippen molar-refractivity contribution in [1.29, 1.82) is 0 Å². The predicted octanol–water partition coefficient (Wildman–Crippen LogP) is 11.4. The molecular formula is C46H57N3S+2. The first-order valence-corrected chi connectivity index (χ1v) is 20.2. The Kier molecular flexibility index (Phi) is 7.57. The van der Waals surface area contributed by atoms with Crippen LogP contribution in [0.5, 0.6) is 0 Å². The zero-order valence-corrected chi connectivity index (χ0v) is 33.3. The van der Waals surface area contributed by atoms with Crippen molar-refractivity contribution in [3.05, 3.63) is 89.0 Å². The van der Waals surface area contributed by atoms with Crippen LogP contribution in [0.15, 0.2) is 66.7 Å². The molecule has 0 saturated carbocycles. The van der Waals surface area contributed by atoms with Gasteiger partial charge in [0.05, 0.1) is 29.1 Å². The Morgan fingerprint density at radius 1 is 0.780 bits per heavy atom. The quantitative estimate of drug-likeness (QED) is 0.155. The molecule has 0 saturated heterocycles. The number of nitrogens with zero attached hydrogens (tertiary/aromatic N) is 3. The van der Waals surface area contributed by atoms with Crippen molar-refractivity contribution in [3.8, 4) is 21.7 Å². The van der Waals surface area contributed by atoms with Crippen LogP contribution in [-0.2, 0) is 23.0 Å². The molecule has 1 spiro atoms. The number of fused-ring (bicyclic) bond motifs is 12. The van der Waals surface area contributed by atoms with Crippen LogP contribution in [0.3, 0.4) is 0 Å². The zero-order valence-electron chi connectivity index (χ0n) is 32.5. The molecule has 0 amide bonds. The van der Waals surface area contributed by atoms with Gasteiger partial charge in [-0.1, -0.05) is 85.7 Å². The van der Waals surface area contributed by atoms with Crippen molar-refractivity contribution < 1.29 is 9.14 Å². The summed E-state index contributed by atoms with van der Waals surface area (Å²) in [6.07, 6.45) is 3.16. The van der Waals surface area contributed by atoms with Crippen LogP contribution >= 0.6 is 11.3 Å². The van der Waals surface area contributed by atoms with E-state index >= 15 is 0 Å². The fraction of sp³-hybridized carbons (Fsp3) is 0.478. The molecule has 5 aromatic rings. The van der Waals surface area contributed by atoms with Crippen LogP contribution < -0.4 is 4.57 Å². The van der Waals surface area contributed by atoms with E-state index in [9.17, 15) is 0 Å². The Hall–Kier alpha value is -3.50. The first-order valence-electron chi connectivity index (χ1n) is 19.4. The van der Waals surface area contributed by atoms with E-state index in [1.54, 1.807) is 0 Å². The average Bonchev–Trinajstić information content (AvgIpc) is 3.54. The molecule has 0 bridgehead atoms. The Balaban J connectivity index is 1.60. The Labute approximate surface area is 304 Å². The highest BCUT2D eigenvalue weighted by Crippen LogP contribution is 2.64. The summed E-state index contributed by atoms with van der Waals surface area (Å²) in [6, 6.07) is 27.2. The Bertz CT molecular complexity index is 2220. The number of thiophene rings is 1. The van der Waals surface area contributed by atoms with Crippen LogP contribution in [0, 0.1) is 11.8 Å². The van der Waals surface area contributed by atoms with Crippen LogP contribution in [0.2, 0.25) is 0 Å². The Morgan fingerprint density at radius 2 is 1.48 bits per heavy atom. The van der Waals surface area contributed by atoms with E-state index in [-0.39, 0.29) is 16.6 Å². The van der Waals surface area contributed by atoms with Gasteiger partial charge in [0.1, 0.15) is 0 Å². The SMILES string of the molecule is CCC1(CC)[n+]2c(ccc3cc(CC(C)C)ccc32)-c2c(ccc3c2-c2sc4ccccc4c2C3(C)C)C12N(C(C)C)C(C(C)C)=[N+]2C(C)C. The third-order valence-electron chi connectivity index (χ3n) is 12.6. The molecule has 2 aliphatic heterocycles. The highest BCUT2D eigenvalue weighted by atomic mass is 32.1. The maximum Gasteiger partial charge on any atom is 0.337 e. The summed E-state index contributed by atoms with van der Waals surface area (Å²) in [5.41, 5.74) is 10.9. The van der Waals surface area contributed by atoms with E-state index in [1.165, 1.54) is 70.8 Å². The summed E-state index contributed by atoms with van der Waals surface area (Å²) >= 11 is 2.01. The number of hydrogen-bond acceptors (Lipinski definition) is 2. The third-order valence-corrected chi connectivity index (χ3v) is 13.8. The molecular weight excluding hydrogens is 627 g/mol. The van der Waals surface area contributed by atoms with Gasteiger partial charge in [-0.05, 0) is 86.4 Å². The summed E-state index contributed by atoms with van der Waals surface area (Å²) in [6.45, 7) is 29.0. The van der Waals surface area contributed by atoms with Gasteiger partial charge in [0.25, 0.3) is 11.4 Å². The first kappa shape index (κ1) is 33.6. The molecule has 8 rings (SSSR count). The van der Waals surface area contributed by atoms with Crippen molar-refractivity contribution in [3.63, 3.8) is 0 Å². The van der Waals surface area contributed by atoms with Crippen LogP contribution in [0.4, 0.5) is 0 Å². The number of benzene rings is 3. The molecule has 3 aliphatic rings. The van der Waals surface area contributed by atoms with E-state index < -0.39 is 0 Å². The van der Waals surface area contributed by atoms with Crippen molar-refractivity contribution in [2.24, 2.45) is 11.8 Å². The smallest absolute Gasteiger partial charge is 0.210 e. The lowest BCUT2D eigenvalue weighted by atomic mass is 9.64. The van der Waals surface area contributed by atoms with E-state index in [0.29, 0.717) is 23.9 Å². The minimum absolute atomic E-state index is 0.0890. The number of amidine groups is 1. The molecule has 3 aromatic carbocycles.